The average Bonchev–Trinajstić information content (AvgIpc) is 2.61. The second kappa shape index (κ2) is 9.79. The van der Waals surface area contributed by atoms with Gasteiger partial charge in [-0.15, -0.1) is 0 Å². The van der Waals surface area contributed by atoms with Gasteiger partial charge in [0, 0.05) is 6.61 Å². The summed E-state index contributed by atoms with van der Waals surface area (Å²) >= 11 is 0. The predicted molar refractivity (Wildman–Crippen MR) is 98.2 cm³/mol. The zero-order valence-corrected chi connectivity index (χ0v) is 15.9. The van der Waals surface area contributed by atoms with Crippen LogP contribution in [0.1, 0.15) is 97.3 Å². The molecule has 0 atom stereocenters. The molecule has 0 bridgehead atoms. The number of carbonyl (C=O) groups is 1. The molecule has 140 valence electrons. The Morgan fingerprint density at radius 2 is 1.67 bits per heavy atom. The normalized spacial score (nSPS) is 34.2. The third-order valence-corrected chi connectivity index (χ3v) is 6.65. The van der Waals surface area contributed by atoms with Crippen molar-refractivity contribution in [3.05, 3.63) is 0 Å². The van der Waals surface area contributed by atoms with E-state index in [2.05, 4.69) is 13.8 Å². The van der Waals surface area contributed by atoms with Gasteiger partial charge >= 0.3 is 5.97 Å². The van der Waals surface area contributed by atoms with Crippen LogP contribution >= 0.6 is 0 Å². The van der Waals surface area contributed by atoms with E-state index in [1.54, 1.807) is 0 Å². The minimum absolute atomic E-state index is 0.369. The van der Waals surface area contributed by atoms with Crippen molar-refractivity contribution in [2.24, 2.45) is 17.3 Å². The summed E-state index contributed by atoms with van der Waals surface area (Å²) < 4.78 is 5.89. The SMILES string of the molecule is CCCCCC1CCC(C(=O)O)(C2CCC(OCCC)CC2)CC1. The van der Waals surface area contributed by atoms with Crippen LogP contribution in [-0.2, 0) is 9.53 Å². The van der Waals surface area contributed by atoms with Gasteiger partial charge in [0.1, 0.15) is 0 Å². The number of carboxylic acids is 1. The molecule has 3 heteroatoms. The number of aliphatic carboxylic acids is 1. The van der Waals surface area contributed by atoms with E-state index < -0.39 is 11.4 Å². The summed E-state index contributed by atoms with van der Waals surface area (Å²) in [7, 11) is 0. The molecule has 0 radical (unpaired) electrons. The smallest absolute Gasteiger partial charge is 0.309 e. The van der Waals surface area contributed by atoms with Gasteiger partial charge in [0.15, 0.2) is 0 Å². The van der Waals surface area contributed by atoms with E-state index in [1.807, 2.05) is 0 Å². The van der Waals surface area contributed by atoms with Crippen molar-refractivity contribution < 1.29 is 14.6 Å². The van der Waals surface area contributed by atoms with Gasteiger partial charge in [0.05, 0.1) is 11.5 Å². The molecule has 2 aliphatic rings. The number of carboxylic acid groups (broad SMARTS) is 1. The van der Waals surface area contributed by atoms with Gasteiger partial charge in [0.25, 0.3) is 0 Å². The molecule has 0 aromatic rings. The molecule has 2 aliphatic carbocycles. The van der Waals surface area contributed by atoms with Crippen LogP contribution in [-0.4, -0.2) is 23.8 Å². The molecule has 0 unspecified atom stereocenters. The largest absolute Gasteiger partial charge is 0.481 e. The van der Waals surface area contributed by atoms with Crippen molar-refractivity contribution in [2.75, 3.05) is 6.61 Å². The first-order chi connectivity index (χ1) is 11.6. The van der Waals surface area contributed by atoms with Crippen LogP contribution in [0, 0.1) is 17.3 Å². The highest BCUT2D eigenvalue weighted by molar-refractivity contribution is 5.75. The Balaban J connectivity index is 1.85. The molecule has 0 heterocycles. The molecule has 2 rings (SSSR count). The zero-order chi connectivity index (χ0) is 17.4. The molecule has 0 aliphatic heterocycles. The monoisotopic (exact) mass is 338 g/mol. The van der Waals surface area contributed by atoms with Gasteiger partial charge in [-0.05, 0) is 69.6 Å². The lowest BCUT2D eigenvalue weighted by Crippen LogP contribution is -2.44. The molecule has 0 aromatic carbocycles. The average molecular weight is 339 g/mol. The Kier molecular flexibility index (Phi) is 8.06. The molecule has 1 N–H and O–H groups in total. The van der Waals surface area contributed by atoms with Crippen LogP contribution in [0.25, 0.3) is 0 Å². The van der Waals surface area contributed by atoms with E-state index in [4.69, 9.17) is 4.74 Å². The Morgan fingerprint density at radius 1 is 1.00 bits per heavy atom. The fourth-order valence-corrected chi connectivity index (χ4v) is 5.03. The molecule has 2 saturated carbocycles. The molecule has 0 amide bonds. The Morgan fingerprint density at radius 3 is 2.21 bits per heavy atom. The van der Waals surface area contributed by atoms with E-state index in [0.29, 0.717) is 12.0 Å². The minimum atomic E-state index is -0.521. The van der Waals surface area contributed by atoms with Crippen molar-refractivity contribution in [1.29, 1.82) is 0 Å². The second-order valence-corrected chi connectivity index (χ2v) is 8.24. The topological polar surface area (TPSA) is 46.5 Å². The highest BCUT2D eigenvalue weighted by Gasteiger charge is 2.48. The lowest BCUT2D eigenvalue weighted by Gasteiger charge is -2.45. The van der Waals surface area contributed by atoms with Crippen LogP contribution in [0.4, 0.5) is 0 Å². The maximum absolute atomic E-state index is 12.2. The molecular formula is C21H38O3. The van der Waals surface area contributed by atoms with E-state index >= 15 is 0 Å². The van der Waals surface area contributed by atoms with Gasteiger partial charge in [-0.2, -0.15) is 0 Å². The molecule has 0 aromatic heterocycles. The fraction of sp³-hybridized carbons (Fsp3) is 0.952. The summed E-state index contributed by atoms with van der Waals surface area (Å²) in [6.45, 7) is 5.24. The van der Waals surface area contributed by atoms with Gasteiger partial charge in [-0.1, -0.05) is 39.5 Å². The lowest BCUT2D eigenvalue weighted by atomic mass is 9.59. The summed E-state index contributed by atoms with van der Waals surface area (Å²) in [6, 6.07) is 0. The molecule has 3 nitrogen and oxygen atoms in total. The third kappa shape index (κ3) is 4.97. The van der Waals surface area contributed by atoms with Crippen molar-refractivity contribution in [2.45, 2.75) is 103 Å². The summed E-state index contributed by atoms with van der Waals surface area (Å²) in [6.07, 6.45) is 14.9. The number of hydrogen-bond donors (Lipinski definition) is 1. The number of rotatable bonds is 9. The van der Waals surface area contributed by atoms with Crippen molar-refractivity contribution in [3.8, 4) is 0 Å². The highest BCUT2D eigenvalue weighted by Crippen LogP contribution is 2.50. The van der Waals surface area contributed by atoms with E-state index in [9.17, 15) is 9.90 Å². The first kappa shape index (κ1) is 19.8. The predicted octanol–water partition coefficient (Wildman–Crippen LogP) is 5.81. The molecule has 24 heavy (non-hydrogen) atoms. The van der Waals surface area contributed by atoms with Gasteiger partial charge in [-0.25, -0.2) is 0 Å². The summed E-state index contributed by atoms with van der Waals surface area (Å²) in [5.74, 6) is 0.619. The first-order valence-electron chi connectivity index (χ1n) is 10.5. The Hall–Kier alpha value is -0.570. The van der Waals surface area contributed by atoms with Crippen molar-refractivity contribution in [3.63, 3.8) is 0 Å². The zero-order valence-electron chi connectivity index (χ0n) is 15.9. The first-order valence-corrected chi connectivity index (χ1v) is 10.5. The van der Waals surface area contributed by atoms with Crippen molar-refractivity contribution in [1.82, 2.24) is 0 Å². The quantitative estimate of drug-likeness (QED) is 0.539. The number of unbranched alkanes of at least 4 members (excludes halogenated alkanes) is 2. The van der Waals surface area contributed by atoms with Crippen molar-refractivity contribution >= 4 is 5.97 Å². The fourth-order valence-electron chi connectivity index (χ4n) is 5.03. The Bertz CT molecular complexity index is 363. The van der Waals surface area contributed by atoms with Gasteiger partial charge < -0.3 is 9.84 Å². The molecular weight excluding hydrogens is 300 g/mol. The number of ether oxygens (including phenoxy) is 1. The minimum Gasteiger partial charge on any atom is -0.481 e. The second-order valence-electron chi connectivity index (χ2n) is 8.24. The number of hydrogen-bond acceptors (Lipinski definition) is 2. The van der Waals surface area contributed by atoms with Crippen LogP contribution in [0.5, 0.6) is 0 Å². The molecule has 2 fully saturated rings. The lowest BCUT2D eigenvalue weighted by molar-refractivity contribution is -0.158. The third-order valence-electron chi connectivity index (χ3n) is 6.65. The van der Waals surface area contributed by atoms with Crippen LogP contribution in [0.2, 0.25) is 0 Å². The van der Waals surface area contributed by atoms with Gasteiger partial charge in [-0.3, -0.25) is 4.79 Å². The summed E-state index contributed by atoms with van der Waals surface area (Å²) in [4.78, 5) is 12.2. The Labute approximate surface area is 148 Å². The van der Waals surface area contributed by atoms with Crippen LogP contribution in [0.3, 0.4) is 0 Å². The van der Waals surface area contributed by atoms with Crippen LogP contribution in [0.15, 0.2) is 0 Å². The molecule has 0 saturated heterocycles. The highest BCUT2D eigenvalue weighted by atomic mass is 16.5. The van der Waals surface area contributed by atoms with E-state index in [1.165, 1.54) is 25.7 Å². The van der Waals surface area contributed by atoms with Crippen LogP contribution < -0.4 is 0 Å². The molecule has 0 spiro atoms. The van der Waals surface area contributed by atoms with E-state index in [0.717, 1.165) is 70.3 Å². The maximum atomic E-state index is 12.2. The van der Waals surface area contributed by atoms with Gasteiger partial charge in [0.2, 0.25) is 0 Å². The van der Waals surface area contributed by atoms with E-state index in [-0.39, 0.29) is 0 Å². The maximum Gasteiger partial charge on any atom is 0.309 e. The summed E-state index contributed by atoms with van der Waals surface area (Å²) in [5, 5.41) is 10.0. The standard InChI is InChI=1S/C21H38O3/c1-3-5-6-7-17-12-14-21(15-13-17,20(22)23)18-8-10-19(11-9-18)24-16-4-2/h17-19H,3-16H2,1-2H3,(H,22,23). The summed E-state index contributed by atoms with van der Waals surface area (Å²) in [5.41, 5.74) is -0.434.